The maximum atomic E-state index is 14.9. The monoisotopic (exact) mass is 636 g/mol. The SMILES string of the molecule is CCOc1nc(C(C)(C)C)ncc1C1=N[C@@](C)(c2ccc(Cl)cc2)[C@@](C)(c2ccc(Cl)cc2)N1C(=O)N1CCNC(=O)CC1. The quantitative estimate of drug-likeness (QED) is 0.353. The highest BCUT2D eigenvalue weighted by Crippen LogP contribution is 2.54. The van der Waals surface area contributed by atoms with Crippen LogP contribution >= 0.6 is 23.2 Å². The number of aromatic nitrogens is 2. The van der Waals surface area contributed by atoms with Crippen molar-refractivity contribution in [3.63, 3.8) is 0 Å². The predicted molar refractivity (Wildman–Crippen MR) is 172 cm³/mol. The van der Waals surface area contributed by atoms with Gasteiger partial charge in [-0.15, -0.1) is 0 Å². The summed E-state index contributed by atoms with van der Waals surface area (Å²) in [6.07, 6.45) is 1.90. The predicted octanol–water partition coefficient (Wildman–Crippen LogP) is 6.31. The van der Waals surface area contributed by atoms with Crippen LogP contribution < -0.4 is 10.1 Å². The van der Waals surface area contributed by atoms with Gasteiger partial charge < -0.3 is 15.0 Å². The number of aliphatic imine (C=N–C) groups is 1. The Hall–Kier alpha value is -3.69. The van der Waals surface area contributed by atoms with Gasteiger partial charge >= 0.3 is 6.03 Å². The number of rotatable bonds is 5. The molecule has 1 N–H and O–H groups in total. The first-order valence-electron chi connectivity index (χ1n) is 14.8. The number of hydrogen-bond acceptors (Lipinski definition) is 6. The lowest BCUT2D eigenvalue weighted by Crippen LogP contribution is -2.58. The van der Waals surface area contributed by atoms with Crippen LogP contribution in [0.25, 0.3) is 0 Å². The summed E-state index contributed by atoms with van der Waals surface area (Å²) in [4.78, 5) is 45.5. The lowest BCUT2D eigenvalue weighted by atomic mass is 9.71. The third-order valence-corrected chi connectivity index (χ3v) is 8.97. The van der Waals surface area contributed by atoms with Crippen molar-refractivity contribution < 1.29 is 14.3 Å². The smallest absolute Gasteiger partial charge is 0.326 e. The fourth-order valence-electron chi connectivity index (χ4n) is 5.79. The highest BCUT2D eigenvalue weighted by molar-refractivity contribution is 6.30. The first-order chi connectivity index (χ1) is 20.8. The molecule has 1 aromatic heterocycles. The summed E-state index contributed by atoms with van der Waals surface area (Å²) in [6, 6.07) is 14.7. The van der Waals surface area contributed by atoms with E-state index in [1.54, 1.807) is 16.0 Å². The second-order valence-corrected chi connectivity index (χ2v) is 13.3. The standard InChI is InChI=1S/C33H38Cl2N6O3/c1-7-44-28-25(20-37-29(38-28)31(2,3)4)27-39-32(5,21-8-12-23(34)13-9-21)33(6,22-10-14-24(35)15-11-22)41(27)30(43)40-18-16-26(42)36-17-19-40/h8-15,20H,7,16-19H2,1-6H3,(H,36,42)/t32-,33+/m0/s1. The van der Waals surface area contributed by atoms with E-state index in [4.69, 9.17) is 42.9 Å². The van der Waals surface area contributed by atoms with Crippen LogP contribution in [-0.4, -0.2) is 63.8 Å². The molecule has 11 heteroatoms. The Kier molecular flexibility index (Phi) is 8.66. The number of nitrogens with zero attached hydrogens (tertiary/aromatic N) is 5. The van der Waals surface area contributed by atoms with E-state index in [9.17, 15) is 9.59 Å². The van der Waals surface area contributed by atoms with Crippen LogP contribution in [0.4, 0.5) is 4.79 Å². The molecule has 0 bridgehead atoms. The zero-order valence-corrected chi connectivity index (χ0v) is 27.5. The van der Waals surface area contributed by atoms with Gasteiger partial charge in [-0.3, -0.25) is 14.7 Å². The van der Waals surface area contributed by atoms with Crippen molar-refractivity contribution in [1.29, 1.82) is 0 Å². The number of urea groups is 1. The third-order valence-electron chi connectivity index (χ3n) is 8.47. The summed E-state index contributed by atoms with van der Waals surface area (Å²) in [5.74, 6) is 1.24. The fourth-order valence-corrected chi connectivity index (χ4v) is 6.05. The van der Waals surface area contributed by atoms with Gasteiger partial charge in [0, 0.05) is 47.7 Å². The van der Waals surface area contributed by atoms with E-state index in [0.29, 0.717) is 52.8 Å². The summed E-state index contributed by atoms with van der Waals surface area (Å²) in [5.41, 5.74) is -0.254. The van der Waals surface area contributed by atoms with Gasteiger partial charge in [-0.25, -0.2) is 9.78 Å². The van der Waals surface area contributed by atoms with Crippen molar-refractivity contribution in [2.24, 2.45) is 4.99 Å². The zero-order valence-electron chi connectivity index (χ0n) is 25.9. The maximum Gasteiger partial charge on any atom is 0.326 e. The van der Waals surface area contributed by atoms with E-state index in [1.165, 1.54) is 0 Å². The molecule has 44 heavy (non-hydrogen) atoms. The van der Waals surface area contributed by atoms with Crippen molar-refractivity contribution in [2.75, 3.05) is 26.2 Å². The normalized spacial score (nSPS) is 22.4. The molecule has 2 aliphatic rings. The summed E-state index contributed by atoms with van der Waals surface area (Å²) in [6.45, 7) is 13.3. The zero-order chi connectivity index (χ0) is 31.9. The molecular weight excluding hydrogens is 599 g/mol. The summed E-state index contributed by atoms with van der Waals surface area (Å²) < 4.78 is 6.10. The van der Waals surface area contributed by atoms with Crippen molar-refractivity contribution in [2.45, 2.75) is 64.5 Å². The van der Waals surface area contributed by atoms with Crippen LogP contribution in [0.1, 0.15) is 70.5 Å². The van der Waals surface area contributed by atoms with E-state index in [-0.39, 0.29) is 30.3 Å². The largest absolute Gasteiger partial charge is 0.477 e. The summed E-state index contributed by atoms with van der Waals surface area (Å²) in [5, 5.41) is 4.03. The molecule has 3 amide bonds. The third kappa shape index (κ3) is 5.63. The van der Waals surface area contributed by atoms with E-state index in [0.717, 1.165) is 11.1 Å². The van der Waals surface area contributed by atoms with E-state index in [1.807, 2.05) is 90.1 Å². The highest BCUT2D eigenvalue weighted by atomic mass is 35.5. The molecule has 1 saturated heterocycles. The van der Waals surface area contributed by atoms with Crippen molar-refractivity contribution in [3.05, 3.63) is 87.3 Å². The average Bonchev–Trinajstić information content (AvgIpc) is 3.08. The fraction of sp³-hybridized carbons (Fsp3) is 0.424. The van der Waals surface area contributed by atoms with Gasteiger partial charge in [0.05, 0.1) is 12.2 Å². The second-order valence-electron chi connectivity index (χ2n) is 12.4. The first kappa shape index (κ1) is 31.7. The van der Waals surface area contributed by atoms with E-state index in [2.05, 4.69) is 5.32 Å². The van der Waals surface area contributed by atoms with Crippen LogP contribution in [0, 0.1) is 0 Å². The molecule has 2 aliphatic heterocycles. The number of benzene rings is 2. The number of hydrogen-bond donors (Lipinski definition) is 1. The molecule has 3 heterocycles. The van der Waals surface area contributed by atoms with Gasteiger partial charge in [0.25, 0.3) is 0 Å². The number of amides is 3. The van der Waals surface area contributed by atoms with Crippen molar-refractivity contribution in [3.8, 4) is 5.88 Å². The average molecular weight is 638 g/mol. The maximum absolute atomic E-state index is 14.9. The Labute approximate surface area is 268 Å². The molecule has 9 nitrogen and oxygen atoms in total. The van der Waals surface area contributed by atoms with Crippen molar-refractivity contribution >= 4 is 41.0 Å². The van der Waals surface area contributed by atoms with Crippen LogP contribution in [0.3, 0.4) is 0 Å². The van der Waals surface area contributed by atoms with Crippen LogP contribution in [0.5, 0.6) is 5.88 Å². The molecule has 1 fully saturated rings. The molecule has 0 aliphatic carbocycles. The topological polar surface area (TPSA) is 100 Å². The summed E-state index contributed by atoms with van der Waals surface area (Å²) >= 11 is 12.7. The van der Waals surface area contributed by atoms with Gasteiger partial charge in [0.15, 0.2) is 0 Å². The molecule has 3 aromatic rings. The highest BCUT2D eigenvalue weighted by Gasteiger charge is 2.60. The first-order valence-corrected chi connectivity index (χ1v) is 15.5. The lowest BCUT2D eigenvalue weighted by molar-refractivity contribution is -0.120. The Morgan fingerprint density at radius 3 is 2.20 bits per heavy atom. The van der Waals surface area contributed by atoms with Gasteiger partial charge in [-0.1, -0.05) is 68.2 Å². The number of amidine groups is 1. The molecule has 0 unspecified atom stereocenters. The minimum atomic E-state index is -1.08. The lowest BCUT2D eigenvalue weighted by Gasteiger charge is -2.46. The van der Waals surface area contributed by atoms with Crippen LogP contribution in [-0.2, 0) is 21.3 Å². The second kappa shape index (κ2) is 12.0. The number of carbonyl (C=O) groups excluding carboxylic acids is 2. The molecule has 0 spiro atoms. The molecule has 0 saturated carbocycles. The number of halogens is 2. The van der Waals surface area contributed by atoms with E-state index >= 15 is 0 Å². The molecule has 0 radical (unpaired) electrons. The minimum absolute atomic E-state index is 0.0909. The molecular formula is C33H38Cl2N6O3. The molecule has 2 atom stereocenters. The Balaban J connectivity index is 1.80. The Bertz CT molecular complexity index is 1590. The molecule has 2 aromatic carbocycles. The number of ether oxygens (including phenoxy) is 1. The van der Waals surface area contributed by atoms with Crippen LogP contribution in [0.15, 0.2) is 59.7 Å². The molecule has 232 valence electrons. The number of carbonyl (C=O) groups is 2. The Morgan fingerprint density at radius 1 is 1.00 bits per heavy atom. The van der Waals surface area contributed by atoms with Gasteiger partial charge in [0.2, 0.25) is 11.8 Å². The van der Waals surface area contributed by atoms with E-state index < -0.39 is 11.1 Å². The van der Waals surface area contributed by atoms with Crippen LogP contribution in [0.2, 0.25) is 10.0 Å². The van der Waals surface area contributed by atoms with Gasteiger partial charge in [-0.2, -0.15) is 4.98 Å². The summed E-state index contributed by atoms with van der Waals surface area (Å²) in [7, 11) is 0. The van der Waals surface area contributed by atoms with Gasteiger partial charge in [0.1, 0.15) is 22.7 Å². The number of nitrogens with one attached hydrogen (secondary N) is 1. The minimum Gasteiger partial charge on any atom is -0.477 e. The molecule has 5 rings (SSSR count). The Morgan fingerprint density at radius 2 is 1.61 bits per heavy atom. The van der Waals surface area contributed by atoms with Crippen molar-refractivity contribution in [1.82, 2.24) is 25.1 Å². The van der Waals surface area contributed by atoms with Gasteiger partial charge in [-0.05, 0) is 56.2 Å².